The van der Waals surface area contributed by atoms with Gasteiger partial charge >= 0.3 is 5.97 Å². The number of rotatable bonds is 2. The molecule has 2 bridgehead atoms. The Labute approximate surface area is 219 Å². The first kappa shape index (κ1) is 24.2. The van der Waals surface area contributed by atoms with Crippen LogP contribution >= 0.6 is 0 Å². The highest BCUT2D eigenvalue weighted by molar-refractivity contribution is 5.93. The molecule has 10 nitrogen and oxygen atoms in total. The topological polar surface area (TPSA) is 103 Å². The molecule has 0 radical (unpaired) electrons. The second-order valence-corrected chi connectivity index (χ2v) is 9.35. The quantitative estimate of drug-likeness (QED) is 0.356. The molecule has 0 saturated carbocycles. The Kier molecular flexibility index (Phi) is 6.55. The maximum Gasteiger partial charge on any atom is 0.337 e. The first-order valence-electron chi connectivity index (χ1n) is 12.8. The number of ether oxygens (including phenoxy) is 4. The summed E-state index contributed by atoms with van der Waals surface area (Å²) in [4.78, 5) is 16.9. The number of fused-ring (bicyclic) bond motifs is 4. The third kappa shape index (κ3) is 4.51. The first-order valence-corrected chi connectivity index (χ1v) is 12.8. The number of methoxy groups -OCH3 is 1. The number of hydrogen-bond donors (Lipinski definition) is 0. The lowest BCUT2D eigenvalue weighted by Crippen LogP contribution is -2.19. The number of aryl methyl sites for hydroxylation is 1. The van der Waals surface area contributed by atoms with E-state index < -0.39 is 5.97 Å². The van der Waals surface area contributed by atoms with Crippen molar-refractivity contribution in [2.45, 2.75) is 31.9 Å². The smallest absolute Gasteiger partial charge is 0.337 e. The Balaban J connectivity index is 1.50. The van der Waals surface area contributed by atoms with Crippen LogP contribution in [0.2, 0.25) is 0 Å². The van der Waals surface area contributed by atoms with Gasteiger partial charge in [-0.25, -0.2) is 14.2 Å². The summed E-state index contributed by atoms with van der Waals surface area (Å²) in [5, 5.41) is 10.3. The largest absolute Gasteiger partial charge is 0.493 e. The van der Waals surface area contributed by atoms with Crippen molar-refractivity contribution < 1.29 is 23.7 Å². The summed E-state index contributed by atoms with van der Waals surface area (Å²) in [6.45, 7) is 1.55. The van der Waals surface area contributed by atoms with Crippen molar-refractivity contribution in [1.82, 2.24) is 24.5 Å². The second kappa shape index (κ2) is 10.3. The van der Waals surface area contributed by atoms with Crippen molar-refractivity contribution in [1.29, 1.82) is 0 Å². The Morgan fingerprint density at radius 3 is 2.79 bits per heavy atom. The normalized spacial score (nSPS) is 18.4. The molecule has 38 heavy (non-hydrogen) atoms. The fourth-order valence-electron chi connectivity index (χ4n) is 4.86. The lowest BCUT2D eigenvalue weighted by molar-refractivity contribution is -0.0367. The van der Waals surface area contributed by atoms with Crippen LogP contribution < -0.4 is 9.47 Å². The molecular formula is C28H29N5O5. The van der Waals surface area contributed by atoms with Crippen LogP contribution in [0, 0.1) is 0 Å². The van der Waals surface area contributed by atoms with Gasteiger partial charge in [0.1, 0.15) is 5.75 Å². The van der Waals surface area contributed by atoms with E-state index in [1.165, 1.54) is 7.11 Å². The summed E-state index contributed by atoms with van der Waals surface area (Å²) in [5.74, 6) is 0.808. The molecule has 2 aliphatic heterocycles. The van der Waals surface area contributed by atoms with Crippen LogP contribution in [0.15, 0.2) is 36.7 Å². The van der Waals surface area contributed by atoms with Crippen molar-refractivity contribution in [3.63, 3.8) is 0 Å². The Morgan fingerprint density at radius 2 is 1.95 bits per heavy atom. The molecule has 3 aromatic heterocycles. The van der Waals surface area contributed by atoms with Crippen LogP contribution in [0.4, 0.5) is 0 Å². The summed E-state index contributed by atoms with van der Waals surface area (Å²) < 4.78 is 26.8. The van der Waals surface area contributed by atoms with Crippen LogP contribution in [0.3, 0.4) is 0 Å². The second-order valence-electron chi connectivity index (χ2n) is 9.35. The highest BCUT2D eigenvalue weighted by atomic mass is 16.5. The molecule has 0 N–H and O–H groups in total. The third-order valence-corrected chi connectivity index (χ3v) is 6.85. The highest BCUT2D eigenvalue weighted by Gasteiger charge is 2.23. The molecule has 4 aromatic rings. The fraction of sp³-hybridized carbons (Fsp3) is 0.357. The molecule has 5 heterocycles. The van der Waals surface area contributed by atoms with Crippen LogP contribution in [-0.2, 0) is 16.5 Å². The van der Waals surface area contributed by atoms with Gasteiger partial charge < -0.3 is 18.9 Å². The van der Waals surface area contributed by atoms with Gasteiger partial charge in [0, 0.05) is 31.0 Å². The van der Waals surface area contributed by atoms with Gasteiger partial charge in [-0.15, -0.1) is 0 Å². The Hall–Kier alpha value is -4.18. The average molecular weight is 516 g/mol. The van der Waals surface area contributed by atoms with Gasteiger partial charge in [-0.1, -0.05) is 6.07 Å². The molecule has 1 atom stereocenters. The minimum Gasteiger partial charge on any atom is -0.493 e. The SMILES string of the molecule is COC(=O)c1ccc2c(c1)OCCCOc1c(cnn1C)-c1cc3c(nn(C4CCCCO4)c3cn1)/C=C/2. The molecule has 1 fully saturated rings. The molecule has 0 aliphatic carbocycles. The first-order chi connectivity index (χ1) is 18.6. The Bertz CT molecular complexity index is 1520. The molecule has 196 valence electrons. The molecular weight excluding hydrogens is 486 g/mol. The van der Waals surface area contributed by atoms with E-state index in [4.69, 9.17) is 29.0 Å². The molecule has 6 rings (SSSR count). The summed E-state index contributed by atoms with van der Waals surface area (Å²) in [6.07, 6.45) is 11.1. The molecule has 1 aromatic carbocycles. The van der Waals surface area contributed by atoms with E-state index in [1.54, 1.807) is 23.0 Å². The summed E-state index contributed by atoms with van der Waals surface area (Å²) in [5.41, 5.74) is 4.50. The van der Waals surface area contributed by atoms with Gasteiger partial charge in [-0.05, 0) is 49.6 Å². The number of hydrogen-bond acceptors (Lipinski definition) is 8. The van der Waals surface area contributed by atoms with E-state index in [1.807, 2.05) is 42.2 Å². The van der Waals surface area contributed by atoms with Gasteiger partial charge in [0.2, 0.25) is 5.88 Å². The van der Waals surface area contributed by atoms with Crippen molar-refractivity contribution in [2.75, 3.05) is 26.9 Å². The maximum absolute atomic E-state index is 12.1. The zero-order valence-corrected chi connectivity index (χ0v) is 21.4. The molecule has 10 heteroatoms. The monoisotopic (exact) mass is 515 g/mol. The predicted octanol–water partition coefficient (Wildman–Crippen LogP) is 4.65. The number of aromatic nitrogens is 5. The van der Waals surface area contributed by atoms with Crippen molar-refractivity contribution >= 4 is 29.0 Å². The average Bonchev–Trinajstić information content (AvgIpc) is 3.51. The Morgan fingerprint density at radius 1 is 1.05 bits per heavy atom. The lowest BCUT2D eigenvalue weighted by Gasteiger charge is -2.23. The van der Waals surface area contributed by atoms with Crippen LogP contribution in [0.5, 0.6) is 11.6 Å². The van der Waals surface area contributed by atoms with E-state index in [-0.39, 0.29) is 6.23 Å². The minimum absolute atomic E-state index is 0.137. The van der Waals surface area contributed by atoms with Crippen molar-refractivity contribution in [3.05, 3.63) is 53.5 Å². The molecule has 0 amide bonds. The van der Waals surface area contributed by atoms with E-state index in [0.29, 0.717) is 43.4 Å². The number of carbonyl (C=O) groups excluding carboxylic acids is 1. The molecule has 2 aliphatic rings. The van der Waals surface area contributed by atoms with Gasteiger partial charge in [-0.2, -0.15) is 10.2 Å². The van der Waals surface area contributed by atoms with Crippen LogP contribution in [0.1, 0.15) is 53.5 Å². The van der Waals surface area contributed by atoms with Gasteiger partial charge in [-0.3, -0.25) is 4.98 Å². The van der Waals surface area contributed by atoms with Crippen molar-refractivity contribution in [3.8, 4) is 22.9 Å². The fourth-order valence-corrected chi connectivity index (χ4v) is 4.86. The van der Waals surface area contributed by atoms with Crippen LogP contribution in [0.25, 0.3) is 34.3 Å². The van der Waals surface area contributed by atoms with Gasteiger partial charge in [0.25, 0.3) is 0 Å². The maximum atomic E-state index is 12.1. The van der Waals surface area contributed by atoms with E-state index in [2.05, 4.69) is 5.10 Å². The number of benzene rings is 1. The number of carbonyl (C=O) groups is 1. The van der Waals surface area contributed by atoms with E-state index in [0.717, 1.165) is 52.7 Å². The summed E-state index contributed by atoms with van der Waals surface area (Å²) in [7, 11) is 3.21. The summed E-state index contributed by atoms with van der Waals surface area (Å²) >= 11 is 0. The predicted molar refractivity (Wildman–Crippen MR) is 141 cm³/mol. The van der Waals surface area contributed by atoms with Gasteiger partial charge in [0.05, 0.1) is 60.7 Å². The van der Waals surface area contributed by atoms with E-state index >= 15 is 0 Å². The van der Waals surface area contributed by atoms with Crippen LogP contribution in [-0.4, -0.2) is 57.4 Å². The van der Waals surface area contributed by atoms with Gasteiger partial charge in [0.15, 0.2) is 6.23 Å². The zero-order chi connectivity index (χ0) is 26.1. The number of esters is 1. The minimum atomic E-state index is -0.416. The van der Waals surface area contributed by atoms with Crippen molar-refractivity contribution in [2.24, 2.45) is 7.05 Å². The molecule has 1 unspecified atom stereocenters. The standard InChI is InChI=1S/C28H29N5O5/c1-32-27-21(16-30-32)23-15-20-22(31-33(24(20)17-29-23)26-6-3-4-11-37-26)10-9-18-7-8-19(28(34)35-2)14-25(18)36-12-5-13-38-27/h7-10,14-17,26H,3-6,11-13H2,1-2H3/b10-9+. The number of pyridine rings is 1. The number of nitrogens with zero attached hydrogens (tertiary/aromatic N) is 5. The van der Waals surface area contributed by atoms with E-state index in [9.17, 15) is 4.79 Å². The third-order valence-electron chi connectivity index (χ3n) is 6.85. The highest BCUT2D eigenvalue weighted by Crippen LogP contribution is 2.34. The zero-order valence-electron chi connectivity index (χ0n) is 21.4. The molecule has 0 spiro atoms. The molecule has 1 saturated heterocycles. The summed E-state index contributed by atoms with van der Waals surface area (Å²) in [6, 6.07) is 7.32. The lowest BCUT2D eigenvalue weighted by atomic mass is 10.1.